The van der Waals surface area contributed by atoms with Crippen molar-refractivity contribution in [3.63, 3.8) is 0 Å². The van der Waals surface area contributed by atoms with E-state index in [9.17, 15) is 13.7 Å². The normalized spacial score (nSPS) is 13.9. The first-order valence-electron chi connectivity index (χ1n) is 10.3. The van der Waals surface area contributed by atoms with E-state index in [0.717, 1.165) is 50.1 Å². The molecule has 1 aromatic carbocycles. The smallest absolute Gasteiger partial charge is 0.175 e. The van der Waals surface area contributed by atoms with Crippen molar-refractivity contribution in [3.8, 4) is 6.07 Å². The Morgan fingerprint density at radius 1 is 1.23 bits per heavy atom. The molecule has 5 nitrogen and oxygen atoms in total. The molecule has 0 saturated carbocycles. The molecule has 160 valence electrons. The fourth-order valence-corrected chi connectivity index (χ4v) is 6.16. The Morgan fingerprint density at radius 3 is 2.52 bits per heavy atom. The molecule has 2 aromatic heterocycles. The third kappa shape index (κ3) is 3.11. The molecule has 31 heavy (non-hydrogen) atoms. The van der Waals surface area contributed by atoms with Gasteiger partial charge in [0.2, 0.25) is 0 Å². The highest BCUT2D eigenvalue weighted by Gasteiger charge is 2.36. The quantitative estimate of drug-likeness (QED) is 0.600. The second kappa shape index (κ2) is 6.80. The van der Waals surface area contributed by atoms with Gasteiger partial charge in [-0.15, -0.1) is 0 Å². The van der Waals surface area contributed by atoms with Gasteiger partial charge in [-0.2, -0.15) is 5.26 Å². The number of benzene rings is 1. The van der Waals surface area contributed by atoms with Crippen molar-refractivity contribution in [2.24, 2.45) is 7.05 Å². The van der Waals surface area contributed by atoms with Crippen LogP contribution in [-0.2, 0) is 28.7 Å². The number of hydrogen-bond donors (Lipinski definition) is 0. The Hall–Kier alpha value is -2.91. The number of pyridine rings is 1. The molecule has 6 heteroatoms. The lowest BCUT2D eigenvalue weighted by Gasteiger charge is -2.30. The van der Waals surface area contributed by atoms with Crippen LogP contribution in [0.3, 0.4) is 0 Å². The van der Waals surface area contributed by atoms with Crippen molar-refractivity contribution in [2.75, 3.05) is 6.26 Å². The summed E-state index contributed by atoms with van der Waals surface area (Å²) in [6, 6.07) is 6.08. The molecule has 1 aliphatic rings. The predicted octanol–water partition coefficient (Wildman–Crippen LogP) is 4.69. The number of allylic oxidation sites excluding steroid dienone is 1. The fourth-order valence-electron chi connectivity index (χ4n) is 5.03. The average Bonchev–Trinajstić information content (AvgIpc) is 3.26. The van der Waals surface area contributed by atoms with Crippen LogP contribution >= 0.6 is 0 Å². The number of sulfone groups is 1. The van der Waals surface area contributed by atoms with Crippen LogP contribution in [0.2, 0.25) is 0 Å². The fraction of sp³-hybridized carbons (Fsp3) is 0.360. The summed E-state index contributed by atoms with van der Waals surface area (Å²) in [5.41, 5.74) is 7.61. The van der Waals surface area contributed by atoms with Gasteiger partial charge in [-0.25, -0.2) is 8.42 Å². The molecule has 0 bridgehead atoms. The monoisotopic (exact) mass is 433 g/mol. The summed E-state index contributed by atoms with van der Waals surface area (Å²) in [6.45, 7) is 9.96. The molecule has 0 unspecified atom stereocenters. The van der Waals surface area contributed by atoms with Gasteiger partial charge in [-0.1, -0.05) is 25.5 Å². The zero-order valence-electron chi connectivity index (χ0n) is 19.1. The molecule has 0 aliphatic heterocycles. The minimum absolute atomic E-state index is 0.379. The summed E-state index contributed by atoms with van der Waals surface area (Å²) < 4.78 is 27.7. The molecule has 0 saturated heterocycles. The number of fused-ring (bicyclic) bond motifs is 2. The Labute approximate surface area is 184 Å². The number of hydrogen-bond acceptors (Lipinski definition) is 4. The van der Waals surface area contributed by atoms with Crippen LogP contribution in [0.25, 0.3) is 17.0 Å². The van der Waals surface area contributed by atoms with E-state index in [0.29, 0.717) is 16.9 Å². The van der Waals surface area contributed by atoms with Crippen LogP contribution in [0.5, 0.6) is 0 Å². The van der Waals surface area contributed by atoms with E-state index >= 15 is 0 Å². The first-order chi connectivity index (χ1) is 14.4. The van der Waals surface area contributed by atoms with Crippen LogP contribution < -0.4 is 0 Å². The van der Waals surface area contributed by atoms with Crippen LogP contribution in [0.4, 0.5) is 0 Å². The molecule has 2 heterocycles. The van der Waals surface area contributed by atoms with E-state index in [2.05, 4.69) is 26.0 Å². The van der Waals surface area contributed by atoms with Gasteiger partial charge in [0.15, 0.2) is 9.84 Å². The minimum Gasteiger partial charge on any atom is -0.350 e. The Balaban J connectivity index is 2.01. The first-order valence-corrected chi connectivity index (χ1v) is 12.2. The molecule has 1 aliphatic carbocycles. The molecule has 0 spiro atoms. The molecule has 3 aromatic rings. The molecule has 0 amide bonds. The van der Waals surface area contributed by atoms with E-state index in [1.54, 1.807) is 6.07 Å². The zero-order chi connectivity index (χ0) is 22.9. The Morgan fingerprint density at radius 2 is 1.90 bits per heavy atom. The number of rotatable bonds is 3. The Kier molecular flexibility index (Phi) is 4.68. The molecule has 0 atom stereocenters. The van der Waals surface area contributed by atoms with Gasteiger partial charge in [-0.05, 0) is 49.6 Å². The zero-order valence-corrected chi connectivity index (χ0v) is 19.9. The van der Waals surface area contributed by atoms with Gasteiger partial charge in [-0.3, -0.25) is 4.98 Å². The van der Waals surface area contributed by atoms with Crippen LogP contribution in [0.15, 0.2) is 28.8 Å². The lowest BCUT2D eigenvalue weighted by Crippen LogP contribution is -2.24. The largest absolute Gasteiger partial charge is 0.350 e. The van der Waals surface area contributed by atoms with Gasteiger partial charge in [0.1, 0.15) is 6.07 Å². The van der Waals surface area contributed by atoms with Crippen LogP contribution in [0, 0.1) is 32.1 Å². The van der Waals surface area contributed by atoms with E-state index in [1.165, 1.54) is 6.26 Å². The summed E-state index contributed by atoms with van der Waals surface area (Å²) in [4.78, 5) is 5.08. The number of nitrogens with zero attached hydrogens (tertiary/aromatic N) is 3. The SMILES string of the molecule is Cc1nc2c(c(C)c1C#N)C=C(C(C)(C)c1c(S(C)(=O)=O)cc(C)c3c1ccn3C)C2. The molecule has 4 rings (SSSR count). The van der Waals surface area contributed by atoms with E-state index < -0.39 is 15.3 Å². The van der Waals surface area contributed by atoms with E-state index in [-0.39, 0.29) is 0 Å². The topological polar surface area (TPSA) is 75.8 Å². The van der Waals surface area contributed by atoms with Crippen LogP contribution in [-0.4, -0.2) is 24.2 Å². The number of nitriles is 1. The standard InChI is InChI=1S/C25H27N3O2S/c1-14-10-22(31(7,29)30)23(18-8-9-28(6)24(14)18)25(4,5)17-11-19-15(2)20(13-26)16(3)27-21(19)12-17/h8-11H,12H2,1-7H3. The summed E-state index contributed by atoms with van der Waals surface area (Å²) in [6.07, 6.45) is 6.01. The van der Waals surface area contributed by atoms with Crippen molar-refractivity contribution < 1.29 is 8.42 Å². The number of aryl methyl sites for hydroxylation is 3. The summed E-state index contributed by atoms with van der Waals surface area (Å²) in [5, 5.41) is 10.5. The van der Waals surface area contributed by atoms with Crippen molar-refractivity contribution in [1.82, 2.24) is 9.55 Å². The summed E-state index contributed by atoms with van der Waals surface area (Å²) in [5.74, 6) is 0. The molecular weight excluding hydrogens is 406 g/mol. The lowest BCUT2D eigenvalue weighted by molar-refractivity contribution is 0.582. The van der Waals surface area contributed by atoms with E-state index in [1.807, 2.05) is 44.6 Å². The van der Waals surface area contributed by atoms with Gasteiger partial charge in [0.25, 0.3) is 0 Å². The maximum absolute atomic E-state index is 12.8. The van der Waals surface area contributed by atoms with Crippen LogP contribution in [0.1, 0.15) is 53.1 Å². The van der Waals surface area contributed by atoms with Gasteiger partial charge < -0.3 is 4.57 Å². The van der Waals surface area contributed by atoms with Crippen molar-refractivity contribution in [3.05, 3.63) is 63.1 Å². The van der Waals surface area contributed by atoms with E-state index in [4.69, 9.17) is 4.98 Å². The summed E-state index contributed by atoms with van der Waals surface area (Å²) >= 11 is 0. The maximum atomic E-state index is 12.8. The van der Waals surface area contributed by atoms with Gasteiger partial charge in [0, 0.05) is 42.3 Å². The first kappa shape index (κ1) is 21.3. The van der Waals surface area contributed by atoms with Crippen molar-refractivity contribution >= 4 is 26.8 Å². The Bertz CT molecular complexity index is 1450. The molecule has 0 fully saturated rings. The predicted molar refractivity (Wildman–Crippen MR) is 124 cm³/mol. The van der Waals surface area contributed by atoms with Gasteiger partial charge in [0.05, 0.1) is 27.4 Å². The second-order valence-electron chi connectivity index (χ2n) is 9.17. The highest BCUT2D eigenvalue weighted by atomic mass is 32.2. The highest BCUT2D eigenvalue weighted by Crippen LogP contribution is 2.45. The lowest BCUT2D eigenvalue weighted by atomic mass is 9.75. The van der Waals surface area contributed by atoms with Crippen molar-refractivity contribution in [1.29, 1.82) is 5.26 Å². The third-order valence-electron chi connectivity index (χ3n) is 6.68. The molecule has 0 radical (unpaired) electrons. The molecular formula is C25H27N3O2S. The average molecular weight is 434 g/mol. The maximum Gasteiger partial charge on any atom is 0.175 e. The summed E-state index contributed by atoms with van der Waals surface area (Å²) in [7, 11) is -1.46. The van der Waals surface area contributed by atoms with Crippen molar-refractivity contribution in [2.45, 2.75) is 51.3 Å². The number of aromatic nitrogens is 2. The van der Waals surface area contributed by atoms with Gasteiger partial charge >= 0.3 is 0 Å². The minimum atomic E-state index is -3.44. The highest BCUT2D eigenvalue weighted by molar-refractivity contribution is 7.90. The second-order valence-corrected chi connectivity index (χ2v) is 11.2. The third-order valence-corrected chi connectivity index (χ3v) is 7.80. The molecule has 0 N–H and O–H groups in total.